The van der Waals surface area contributed by atoms with E-state index in [1.165, 1.54) is 0 Å². The quantitative estimate of drug-likeness (QED) is 0.282. The molecule has 0 radical (unpaired) electrons. The van der Waals surface area contributed by atoms with E-state index in [2.05, 4.69) is 20.4 Å². The molecule has 2 aromatic heterocycles. The minimum atomic E-state index is 0.283. The van der Waals surface area contributed by atoms with Crippen molar-refractivity contribution in [2.45, 2.75) is 20.4 Å². The second kappa shape index (κ2) is 8.71. The maximum Gasteiger partial charge on any atom is 0.230 e. The summed E-state index contributed by atoms with van der Waals surface area (Å²) in [4.78, 5) is 13.7. The molecule has 0 unspecified atom stereocenters. The standard InChI is InChI=1S/C24H22N4O2/c1-16-11-13-19-9-6-10-21(22(19)26-16)30-24-20(14-12-17(2)27-24)23(28-29)25-15-18-7-4-3-5-8-18/h3-14,29H,15H2,1-2H3,(H,25,28). The van der Waals surface area contributed by atoms with E-state index >= 15 is 0 Å². The summed E-state index contributed by atoms with van der Waals surface area (Å²) in [5, 5.41) is 10.7. The number of pyridine rings is 2. The molecule has 0 atom stereocenters. The number of para-hydroxylation sites is 1. The Hall–Kier alpha value is -3.77. The van der Waals surface area contributed by atoms with Crippen molar-refractivity contribution in [3.05, 3.63) is 95.3 Å². The fourth-order valence-electron chi connectivity index (χ4n) is 3.13. The first-order chi connectivity index (χ1) is 14.6. The monoisotopic (exact) mass is 398 g/mol. The Morgan fingerprint density at radius 3 is 2.47 bits per heavy atom. The molecule has 0 saturated carbocycles. The lowest BCUT2D eigenvalue weighted by atomic mass is 10.2. The largest absolute Gasteiger partial charge is 0.436 e. The van der Waals surface area contributed by atoms with Crippen molar-refractivity contribution in [3.63, 3.8) is 0 Å². The topological polar surface area (TPSA) is 79.6 Å². The number of hydrogen-bond acceptors (Lipinski definition) is 5. The second-order valence-corrected chi connectivity index (χ2v) is 6.95. The van der Waals surface area contributed by atoms with Gasteiger partial charge in [0.25, 0.3) is 0 Å². The highest BCUT2D eigenvalue weighted by atomic mass is 16.5. The number of hydroxylamine groups is 1. The van der Waals surface area contributed by atoms with E-state index in [1.54, 1.807) is 0 Å². The number of aromatic nitrogens is 2. The molecule has 0 saturated heterocycles. The summed E-state index contributed by atoms with van der Waals surface area (Å²) >= 11 is 0. The number of ether oxygens (including phenoxy) is 1. The Labute approximate surface area is 174 Å². The van der Waals surface area contributed by atoms with Crippen molar-refractivity contribution in [1.29, 1.82) is 0 Å². The van der Waals surface area contributed by atoms with E-state index in [1.807, 2.05) is 86.6 Å². The minimum Gasteiger partial charge on any atom is -0.436 e. The number of nitrogens with zero attached hydrogens (tertiary/aromatic N) is 3. The van der Waals surface area contributed by atoms with Gasteiger partial charge in [0.05, 0.1) is 12.1 Å². The zero-order chi connectivity index (χ0) is 20.9. The smallest absolute Gasteiger partial charge is 0.230 e. The lowest BCUT2D eigenvalue weighted by Gasteiger charge is -2.13. The highest BCUT2D eigenvalue weighted by Crippen LogP contribution is 2.30. The van der Waals surface area contributed by atoms with Crippen molar-refractivity contribution in [2.24, 2.45) is 4.99 Å². The molecule has 0 amide bonds. The van der Waals surface area contributed by atoms with Crippen molar-refractivity contribution in [3.8, 4) is 11.6 Å². The lowest BCUT2D eigenvalue weighted by Crippen LogP contribution is -2.22. The summed E-state index contributed by atoms with van der Waals surface area (Å²) in [5.74, 6) is 1.22. The third-order valence-corrected chi connectivity index (χ3v) is 4.65. The van der Waals surface area contributed by atoms with Crippen LogP contribution in [0.1, 0.15) is 22.5 Å². The number of rotatable bonds is 5. The fourth-order valence-corrected chi connectivity index (χ4v) is 3.13. The average molecular weight is 398 g/mol. The van der Waals surface area contributed by atoms with Crippen molar-refractivity contribution in [2.75, 3.05) is 0 Å². The summed E-state index contributed by atoms with van der Waals surface area (Å²) in [6.07, 6.45) is 0. The molecule has 0 fully saturated rings. The molecular weight excluding hydrogens is 376 g/mol. The van der Waals surface area contributed by atoms with E-state index in [0.29, 0.717) is 23.7 Å². The number of aliphatic imine (C=N–C) groups is 1. The first kappa shape index (κ1) is 19.5. The van der Waals surface area contributed by atoms with Crippen LogP contribution in [-0.2, 0) is 6.54 Å². The van der Waals surface area contributed by atoms with Gasteiger partial charge in [-0.1, -0.05) is 48.5 Å². The van der Waals surface area contributed by atoms with Crippen molar-refractivity contribution in [1.82, 2.24) is 15.4 Å². The number of aryl methyl sites for hydroxylation is 2. The van der Waals surface area contributed by atoms with E-state index in [-0.39, 0.29) is 5.84 Å². The summed E-state index contributed by atoms with van der Waals surface area (Å²) in [6, 6.07) is 23.2. The molecule has 4 aromatic rings. The number of fused-ring (bicyclic) bond motifs is 1. The van der Waals surface area contributed by atoms with Gasteiger partial charge >= 0.3 is 0 Å². The van der Waals surface area contributed by atoms with Gasteiger partial charge in [-0.25, -0.2) is 9.97 Å². The maximum absolute atomic E-state index is 9.75. The van der Waals surface area contributed by atoms with Gasteiger partial charge in [0.15, 0.2) is 11.6 Å². The third-order valence-electron chi connectivity index (χ3n) is 4.65. The molecule has 0 aliphatic carbocycles. The number of amidine groups is 1. The molecule has 0 bridgehead atoms. The normalized spacial score (nSPS) is 11.5. The molecule has 4 rings (SSSR count). The van der Waals surface area contributed by atoms with E-state index in [9.17, 15) is 5.21 Å². The van der Waals surface area contributed by atoms with E-state index in [0.717, 1.165) is 27.9 Å². The van der Waals surface area contributed by atoms with Crippen molar-refractivity contribution >= 4 is 16.7 Å². The number of nitrogens with one attached hydrogen (secondary N) is 1. The van der Waals surface area contributed by atoms with Gasteiger partial charge in [-0.2, -0.15) is 0 Å². The van der Waals surface area contributed by atoms with Crippen LogP contribution >= 0.6 is 0 Å². The zero-order valence-corrected chi connectivity index (χ0v) is 16.8. The maximum atomic E-state index is 9.75. The molecule has 2 heterocycles. The van der Waals surface area contributed by atoms with Gasteiger partial charge in [0.2, 0.25) is 5.88 Å². The molecule has 0 aliphatic rings. The molecular formula is C24H22N4O2. The number of benzene rings is 2. The Morgan fingerprint density at radius 2 is 1.67 bits per heavy atom. The SMILES string of the molecule is Cc1ccc(C(=NCc2ccccc2)NO)c(Oc2cccc3ccc(C)nc23)n1. The first-order valence-electron chi connectivity index (χ1n) is 9.65. The van der Waals surface area contributed by atoms with Crippen LogP contribution in [-0.4, -0.2) is 21.0 Å². The van der Waals surface area contributed by atoms with Gasteiger partial charge in [0, 0.05) is 16.8 Å². The molecule has 0 spiro atoms. The first-order valence-corrected chi connectivity index (χ1v) is 9.65. The van der Waals surface area contributed by atoms with E-state index in [4.69, 9.17) is 4.74 Å². The molecule has 2 aromatic carbocycles. The van der Waals surface area contributed by atoms with Gasteiger partial charge in [-0.3, -0.25) is 15.7 Å². The molecule has 2 N–H and O–H groups in total. The zero-order valence-electron chi connectivity index (χ0n) is 16.8. The average Bonchev–Trinajstić information content (AvgIpc) is 2.76. The van der Waals surface area contributed by atoms with E-state index < -0.39 is 0 Å². The van der Waals surface area contributed by atoms with Gasteiger partial charge in [0.1, 0.15) is 5.52 Å². The van der Waals surface area contributed by atoms with Crippen LogP contribution in [0.5, 0.6) is 11.6 Å². The fraction of sp³-hybridized carbons (Fsp3) is 0.125. The van der Waals surface area contributed by atoms with Crippen LogP contribution in [0, 0.1) is 13.8 Å². The molecule has 150 valence electrons. The highest BCUT2D eigenvalue weighted by molar-refractivity contribution is 6.00. The van der Waals surface area contributed by atoms with Crippen LogP contribution in [0.3, 0.4) is 0 Å². The van der Waals surface area contributed by atoms with Gasteiger partial charge in [-0.05, 0) is 43.7 Å². The Bertz CT molecular complexity index is 1210. The van der Waals surface area contributed by atoms with Crippen LogP contribution in [0.15, 0.2) is 77.8 Å². The summed E-state index contributed by atoms with van der Waals surface area (Å²) in [7, 11) is 0. The summed E-state index contributed by atoms with van der Waals surface area (Å²) in [5.41, 5.74) is 6.23. The lowest BCUT2D eigenvalue weighted by molar-refractivity contribution is 0.234. The number of hydrogen-bond donors (Lipinski definition) is 2. The minimum absolute atomic E-state index is 0.283. The predicted octanol–water partition coefficient (Wildman–Crippen LogP) is 4.96. The van der Waals surface area contributed by atoms with Crippen LogP contribution in [0.25, 0.3) is 10.9 Å². The van der Waals surface area contributed by atoms with Crippen molar-refractivity contribution < 1.29 is 9.94 Å². The second-order valence-electron chi connectivity index (χ2n) is 6.95. The van der Waals surface area contributed by atoms with Crippen LogP contribution < -0.4 is 10.2 Å². The molecule has 6 heteroatoms. The Morgan fingerprint density at radius 1 is 0.900 bits per heavy atom. The molecule has 6 nitrogen and oxygen atoms in total. The Balaban J connectivity index is 1.73. The summed E-state index contributed by atoms with van der Waals surface area (Å²) < 4.78 is 6.19. The predicted molar refractivity (Wildman–Crippen MR) is 117 cm³/mol. The Kier molecular flexibility index (Phi) is 5.68. The van der Waals surface area contributed by atoms with Crippen LogP contribution in [0.2, 0.25) is 0 Å². The van der Waals surface area contributed by atoms with Gasteiger partial charge in [-0.15, -0.1) is 0 Å². The molecule has 30 heavy (non-hydrogen) atoms. The molecule has 0 aliphatic heterocycles. The highest BCUT2D eigenvalue weighted by Gasteiger charge is 2.15. The third kappa shape index (κ3) is 4.29. The van der Waals surface area contributed by atoms with Crippen LogP contribution in [0.4, 0.5) is 0 Å². The summed E-state index contributed by atoms with van der Waals surface area (Å²) in [6.45, 7) is 4.23. The van der Waals surface area contributed by atoms with Gasteiger partial charge < -0.3 is 4.74 Å².